The minimum Gasteiger partial charge on any atom is -0.422 e. The van der Waals surface area contributed by atoms with Gasteiger partial charge in [-0.25, -0.2) is 4.79 Å². The lowest BCUT2D eigenvalue weighted by Crippen LogP contribution is -2.12. The van der Waals surface area contributed by atoms with Gasteiger partial charge in [0.1, 0.15) is 11.1 Å². The highest BCUT2D eigenvalue weighted by molar-refractivity contribution is 6.07. The molecule has 0 N–H and O–H groups in total. The molecule has 0 saturated heterocycles. The van der Waals surface area contributed by atoms with Gasteiger partial charge in [0.25, 0.3) is 0 Å². The summed E-state index contributed by atoms with van der Waals surface area (Å²) in [6.45, 7) is 0. The largest absolute Gasteiger partial charge is 0.422 e. The molecule has 0 spiro atoms. The minimum absolute atomic E-state index is 0.0289. The van der Waals surface area contributed by atoms with Gasteiger partial charge in [0.2, 0.25) is 0 Å². The molecule has 1 aromatic heterocycles. The van der Waals surface area contributed by atoms with Crippen molar-refractivity contribution in [2.75, 3.05) is 38.0 Å². The Labute approximate surface area is 158 Å². The van der Waals surface area contributed by atoms with Crippen LogP contribution >= 0.6 is 0 Å². The molecule has 0 aliphatic rings. The first-order valence-electron chi connectivity index (χ1n) is 8.60. The second-order valence-corrected chi connectivity index (χ2v) is 6.75. The summed E-state index contributed by atoms with van der Waals surface area (Å²) >= 11 is 0. The van der Waals surface area contributed by atoms with Crippen LogP contribution < -0.4 is 15.4 Å². The zero-order valence-electron chi connectivity index (χ0n) is 15.9. The zero-order valence-corrected chi connectivity index (χ0v) is 15.9. The number of nitrogens with zero attached hydrogens (tertiary/aromatic N) is 2. The molecule has 3 rings (SSSR count). The van der Waals surface area contributed by atoms with Crippen LogP contribution in [0.5, 0.6) is 0 Å². The number of allylic oxidation sites excluding steroid dienone is 1. The predicted octanol–water partition coefficient (Wildman–Crippen LogP) is 3.82. The maximum Gasteiger partial charge on any atom is 0.347 e. The van der Waals surface area contributed by atoms with Crippen molar-refractivity contribution in [1.29, 1.82) is 0 Å². The van der Waals surface area contributed by atoms with E-state index in [0.29, 0.717) is 11.0 Å². The molecule has 5 nitrogen and oxygen atoms in total. The van der Waals surface area contributed by atoms with Gasteiger partial charge in [0.05, 0.1) is 0 Å². The Morgan fingerprint density at radius 2 is 1.52 bits per heavy atom. The summed E-state index contributed by atoms with van der Waals surface area (Å²) in [6, 6.07) is 14.9. The van der Waals surface area contributed by atoms with Crippen LogP contribution in [0.15, 0.2) is 63.8 Å². The molecule has 0 unspecified atom stereocenters. The number of ketones is 1. The first kappa shape index (κ1) is 18.5. The van der Waals surface area contributed by atoms with E-state index in [-0.39, 0.29) is 11.3 Å². The summed E-state index contributed by atoms with van der Waals surface area (Å²) in [5.74, 6) is -0.376. The van der Waals surface area contributed by atoms with Crippen LogP contribution in [-0.4, -0.2) is 34.0 Å². The number of hydrogen-bond donors (Lipinski definition) is 0. The Kier molecular flexibility index (Phi) is 5.12. The average Bonchev–Trinajstić information content (AvgIpc) is 2.65. The lowest BCUT2D eigenvalue weighted by Gasteiger charge is -2.12. The van der Waals surface area contributed by atoms with Crippen molar-refractivity contribution in [2.45, 2.75) is 0 Å². The quantitative estimate of drug-likeness (QED) is 0.392. The third kappa shape index (κ3) is 4.08. The van der Waals surface area contributed by atoms with Gasteiger partial charge in [-0.1, -0.05) is 18.2 Å². The van der Waals surface area contributed by atoms with E-state index in [0.717, 1.165) is 16.9 Å². The van der Waals surface area contributed by atoms with Gasteiger partial charge in [-0.05, 0) is 42.0 Å². The van der Waals surface area contributed by atoms with E-state index in [1.54, 1.807) is 18.2 Å². The SMILES string of the molecule is CN(C)c1ccc(/C=C/C(=O)c2cc3ccc(N(C)C)cc3oc2=O)cc1. The summed E-state index contributed by atoms with van der Waals surface area (Å²) in [5.41, 5.74) is 2.74. The fourth-order valence-electron chi connectivity index (χ4n) is 2.70. The van der Waals surface area contributed by atoms with Gasteiger partial charge >= 0.3 is 5.63 Å². The van der Waals surface area contributed by atoms with E-state index in [2.05, 4.69) is 0 Å². The Morgan fingerprint density at radius 1 is 0.889 bits per heavy atom. The molecule has 0 atom stereocenters. The molecule has 27 heavy (non-hydrogen) atoms. The molecule has 0 saturated carbocycles. The number of benzene rings is 2. The highest BCUT2D eigenvalue weighted by atomic mass is 16.4. The summed E-state index contributed by atoms with van der Waals surface area (Å²) < 4.78 is 5.36. The van der Waals surface area contributed by atoms with E-state index < -0.39 is 5.63 Å². The van der Waals surface area contributed by atoms with Crippen molar-refractivity contribution < 1.29 is 9.21 Å². The van der Waals surface area contributed by atoms with E-state index >= 15 is 0 Å². The monoisotopic (exact) mass is 362 g/mol. The number of hydrogen-bond acceptors (Lipinski definition) is 5. The van der Waals surface area contributed by atoms with Crippen molar-refractivity contribution >= 4 is 34.2 Å². The molecule has 0 radical (unpaired) electrons. The Balaban J connectivity index is 1.87. The van der Waals surface area contributed by atoms with E-state index in [4.69, 9.17) is 4.42 Å². The Morgan fingerprint density at radius 3 is 2.15 bits per heavy atom. The standard InChI is InChI=1S/C22H22N2O3/c1-23(2)17-9-5-15(6-10-17)7-12-20(25)19-13-16-8-11-18(24(3)4)14-21(16)27-22(19)26/h5-14H,1-4H3/b12-7+. The van der Waals surface area contributed by atoms with Gasteiger partial charge in [-0.3, -0.25) is 4.79 Å². The molecule has 2 aromatic carbocycles. The summed E-state index contributed by atoms with van der Waals surface area (Å²) in [6.07, 6.45) is 3.09. The van der Waals surface area contributed by atoms with Crippen LogP contribution in [0.1, 0.15) is 15.9 Å². The molecule has 0 aliphatic heterocycles. The van der Waals surface area contributed by atoms with Crippen LogP contribution in [0.25, 0.3) is 17.0 Å². The number of rotatable bonds is 5. The highest BCUT2D eigenvalue weighted by Crippen LogP contribution is 2.21. The molecule has 1 heterocycles. The molecule has 0 fully saturated rings. The average molecular weight is 362 g/mol. The van der Waals surface area contributed by atoms with Crippen molar-refractivity contribution in [3.8, 4) is 0 Å². The molecule has 138 valence electrons. The lowest BCUT2D eigenvalue weighted by atomic mass is 10.1. The third-order valence-electron chi connectivity index (χ3n) is 4.34. The molecule has 0 amide bonds. The maximum absolute atomic E-state index is 12.5. The molecule has 5 heteroatoms. The molecule has 0 aliphatic carbocycles. The summed E-state index contributed by atoms with van der Waals surface area (Å²) in [7, 11) is 7.75. The fraction of sp³-hybridized carbons (Fsp3) is 0.182. The molecule has 0 bridgehead atoms. The normalized spacial score (nSPS) is 11.1. The number of anilines is 2. The van der Waals surface area contributed by atoms with Crippen LogP contribution in [-0.2, 0) is 0 Å². The van der Waals surface area contributed by atoms with Gasteiger partial charge < -0.3 is 14.2 Å². The van der Waals surface area contributed by atoms with E-state index in [1.165, 1.54) is 6.08 Å². The third-order valence-corrected chi connectivity index (χ3v) is 4.34. The van der Waals surface area contributed by atoms with E-state index in [1.807, 2.05) is 74.4 Å². The van der Waals surface area contributed by atoms with Crippen LogP contribution in [0.4, 0.5) is 11.4 Å². The maximum atomic E-state index is 12.5. The second kappa shape index (κ2) is 7.50. The van der Waals surface area contributed by atoms with Gasteiger partial charge in [-0.15, -0.1) is 0 Å². The van der Waals surface area contributed by atoms with Crippen molar-refractivity contribution in [2.24, 2.45) is 0 Å². The van der Waals surface area contributed by atoms with Crippen molar-refractivity contribution in [1.82, 2.24) is 0 Å². The van der Waals surface area contributed by atoms with Crippen LogP contribution in [0.2, 0.25) is 0 Å². The number of carbonyl (C=O) groups is 1. The van der Waals surface area contributed by atoms with Crippen molar-refractivity contribution in [3.63, 3.8) is 0 Å². The smallest absolute Gasteiger partial charge is 0.347 e. The zero-order chi connectivity index (χ0) is 19.6. The van der Waals surface area contributed by atoms with E-state index in [9.17, 15) is 9.59 Å². The topological polar surface area (TPSA) is 53.8 Å². The van der Waals surface area contributed by atoms with Crippen LogP contribution in [0.3, 0.4) is 0 Å². The predicted molar refractivity (Wildman–Crippen MR) is 111 cm³/mol. The lowest BCUT2D eigenvalue weighted by molar-refractivity contribution is 0.104. The number of fused-ring (bicyclic) bond motifs is 1. The first-order valence-corrected chi connectivity index (χ1v) is 8.60. The fourth-order valence-corrected chi connectivity index (χ4v) is 2.70. The minimum atomic E-state index is -0.629. The van der Waals surface area contributed by atoms with Gasteiger partial charge in [0.15, 0.2) is 5.78 Å². The summed E-state index contributed by atoms with van der Waals surface area (Å²) in [5, 5.41) is 0.715. The summed E-state index contributed by atoms with van der Waals surface area (Å²) in [4.78, 5) is 28.6. The second-order valence-electron chi connectivity index (χ2n) is 6.75. The van der Waals surface area contributed by atoms with Gasteiger partial charge in [-0.2, -0.15) is 0 Å². The highest BCUT2D eigenvalue weighted by Gasteiger charge is 2.12. The molecule has 3 aromatic rings. The molecular formula is C22H22N2O3. The Bertz CT molecular complexity index is 1060. The Hall–Kier alpha value is -3.34. The van der Waals surface area contributed by atoms with Crippen molar-refractivity contribution in [3.05, 3.63) is 76.2 Å². The van der Waals surface area contributed by atoms with Gasteiger partial charge in [0, 0.05) is 51.0 Å². The first-order chi connectivity index (χ1) is 12.8. The number of carbonyl (C=O) groups excluding carboxylic acids is 1. The van der Waals surface area contributed by atoms with Crippen LogP contribution in [0, 0.1) is 0 Å². The molecular weight excluding hydrogens is 340 g/mol.